The van der Waals surface area contributed by atoms with E-state index in [0.717, 1.165) is 89.4 Å². The van der Waals surface area contributed by atoms with Gasteiger partial charge in [0.15, 0.2) is 0 Å². The maximum absolute atomic E-state index is 6.64. The smallest absolute Gasteiger partial charge is 0.143 e. The van der Waals surface area contributed by atoms with E-state index in [9.17, 15) is 0 Å². The zero-order valence-electron chi connectivity index (χ0n) is 33.1. The molecule has 0 spiro atoms. The highest BCUT2D eigenvalue weighted by molar-refractivity contribution is 6.10. The van der Waals surface area contributed by atoms with Gasteiger partial charge in [-0.3, -0.25) is 0 Å². The number of benzene rings is 9. The summed E-state index contributed by atoms with van der Waals surface area (Å²) in [4.78, 5) is 4.71. The second kappa shape index (κ2) is 15.4. The predicted octanol–water partition coefficient (Wildman–Crippen LogP) is 16.1. The van der Waals surface area contributed by atoms with Gasteiger partial charge in [0.1, 0.15) is 11.2 Å². The first kappa shape index (κ1) is 35.8. The summed E-state index contributed by atoms with van der Waals surface area (Å²) in [5, 5.41) is 2.23. The first-order valence-corrected chi connectivity index (χ1v) is 20.2. The quantitative estimate of drug-likeness (QED) is 0.146. The average molecular weight is 759 g/mol. The van der Waals surface area contributed by atoms with Gasteiger partial charge in [0.25, 0.3) is 0 Å². The number of fused-ring (bicyclic) bond motifs is 3. The standard InChI is InChI=1S/C56H42N2O/c1-39-18-9-12-31-53(39)57(46-22-5-3-6-23-46)48-26-15-20-41(37-48)43-34-44(36-45(35-43)50-29-17-30-52-51-28-11-14-33-55(51)59-56(50)52)42-21-16-27-49(38-42)58(47-24-7-4-8-25-47)54-32-13-10-19-40(54)2/h3-38H,1-2H3. The normalized spacial score (nSPS) is 11.2. The van der Waals surface area contributed by atoms with E-state index >= 15 is 0 Å². The second-order valence-corrected chi connectivity index (χ2v) is 15.1. The zero-order chi connectivity index (χ0) is 39.7. The Morgan fingerprint density at radius 2 is 0.763 bits per heavy atom. The Kier molecular flexibility index (Phi) is 9.32. The van der Waals surface area contributed by atoms with Gasteiger partial charge in [-0.1, -0.05) is 133 Å². The Labute approximate surface area is 345 Å². The number of anilines is 6. The molecule has 0 unspecified atom stereocenters. The van der Waals surface area contributed by atoms with Crippen molar-refractivity contribution in [2.24, 2.45) is 0 Å². The molecule has 0 radical (unpaired) electrons. The number of furan rings is 1. The van der Waals surface area contributed by atoms with Crippen molar-refractivity contribution in [3.05, 3.63) is 230 Å². The molecule has 0 aliphatic heterocycles. The minimum atomic E-state index is 0.890. The molecule has 10 aromatic rings. The number of hydrogen-bond donors (Lipinski definition) is 0. The van der Waals surface area contributed by atoms with Crippen molar-refractivity contribution >= 4 is 56.1 Å². The van der Waals surface area contributed by atoms with Gasteiger partial charge >= 0.3 is 0 Å². The highest BCUT2D eigenvalue weighted by Crippen LogP contribution is 2.43. The molecule has 0 aliphatic carbocycles. The van der Waals surface area contributed by atoms with Crippen molar-refractivity contribution in [3.8, 4) is 33.4 Å². The van der Waals surface area contributed by atoms with Crippen LogP contribution in [0.3, 0.4) is 0 Å². The van der Waals surface area contributed by atoms with Crippen LogP contribution in [0.15, 0.2) is 223 Å². The topological polar surface area (TPSA) is 19.6 Å². The van der Waals surface area contributed by atoms with Gasteiger partial charge in [-0.25, -0.2) is 0 Å². The van der Waals surface area contributed by atoms with E-state index in [1.165, 1.54) is 11.1 Å². The Bertz CT molecular complexity index is 2940. The Hall–Kier alpha value is -7.62. The largest absolute Gasteiger partial charge is 0.455 e. The number of rotatable bonds is 9. The van der Waals surface area contributed by atoms with Crippen LogP contribution in [0.25, 0.3) is 55.3 Å². The molecular weight excluding hydrogens is 717 g/mol. The van der Waals surface area contributed by atoms with E-state index in [-0.39, 0.29) is 0 Å². The third-order valence-corrected chi connectivity index (χ3v) is 11.3. The lowest BCUT2D eigenvalue weighted by Gasteiger charge is -2.27. The van der Waals surface area contributed by atoms with Gasteiger partial charge in [0.05, 0.1) is 0 Å². The molecule has 59 heavy (non-hydrogen) atoms. The SMILES string of the molecule is Cc1ccccc1N(c1ccccc1)c1cccc(-c2cc(-c3cccc(N(c4ccccc4)c4ccccc4C)c3)cc(-c3cccc4c3oc3ccccc34)c2)c1. The molecule has 0 atom stereocenters. The fourth-order valence-corrected chi connectivity index (χ4v) is 8.38. The van der Waals surface area contributed by atoms with Gasteiger partial charge < -0.3 is 14.2 Å². The second-order valence-electron chi connectivity index (χ2n) is 15.1. The molecule has 9 aromatic carbocycles. The fourth-order valence-electron chi connectivity index (χ4n) is 8.38. The van der Waals surface area contributed by atoms with E-state index in [4.69, 9.17) is 4.42 Å². The van der Waals surface area contributed by atoms with Crippen molar-refractivity contribution in [1.82, 2.24) is 0 Å². The third kappa shape index (κ3) is 6.83. The van der Waals surface area contributed by atoms with Crippen molar-refractivity contribution in [3.63, 3.8) is 0 Å². The first-order valence-electron chi connectivity index (χ1n) is 20.2. The Morgan fingerprint density at radius 1 is 0.322 bits per heavy atom. The van der Waals surface area contributed by atoms with E-state index < -0.39 is 0 Å². The summed E-state index contributed by atoms with van der Waals surface area (Å²) in [6, 6.07) is 78.0. The number of nitrogens with zero attached hydrogens (tertiary/aromatic N) is 2. The molecule has 0 fully saturated rings. The molecular formula is C56H42N2O. The molecule has 0 saturated heterocycles. The van der Waals surface area contributed by atoms with E-state index in [0.29, 0.717) is 0 Å². The lowest BCUT2D eigenvalue weighted by Crippen LogP contribution is -2.11. The third-order valence-electron chi connectivity index (χ3n) is 11.3. The van der Waals surface area contributed by atoms with Gasteiger partial charge in [0.2, 0.25) is 0 Å². The lowest BCUT2D eigenvalue weighted by molar-refractivity contribution is 0.670. The molecule has 0 aliphatic rings. The van der Waals surface area contributed by atoms with Crippen LogP contribution in [0.4, 0.5) is 34.1 Å². The van der Waals surface area contributed by atoms with Crippen LogP contribution in [-0.4, -0.2) is 0 Å². The fraction of sp³-hybridized carbons (Fsp3) is 0.0357. The first-order chi connectivity index (χ1) is 29.1. The number of para-hydroxylation sites is 6. The number of aryl methyl sites for hydroxylation is 2. The van der Waals surface area contributed by atoms with Crippen LogP contribution >= 0.6 is 0 Å². The lowest BCUT2D eigenvalue weighted by atomic mass is 9.92. The maximum Gasteiger partial charge on any atom is 0.143 e. The highest BCUT2D eigenvalue weighted by atomic mass is 16.3. The minimum Gasteiger partial charge on any atom is -0.455 e. The summed E-state index contributed by atoms with van der Waals surface area (Å²) in [6.45, 7) is 4.35. The summed E-state index contributed by atoms with van der Waals surface area (Å²) in [7, 11) is 0. The van der Waals surface area contributed by atoms with Crippen LogP contribution < -0.4 is 9.80 Å². The van der Waals surface area contributed by atoms with E-state index in [1.54, 1.807) is 0 Å². The molecule has 10 rings (SSSR count). The molecule has 3 heteroatoms. The Balaban J connectivity index is 1.17. The highest BCUT2D eigenvalue weighted by Gasteiger charge is 2.19. The van der Waals surface area contributed by atoms with Crippen molar-refractivity contribution < 1.29 is 4.42 Å². The summed E-state index contributed by atoms with van der Waals surface area (Å²) >= 11 is 0. The van der Waals surface area contributed by atoms with E-state index in [2.05, 4.69) is 236 Å². The van der Waals surface area contributed by atoms with Gasteiger partial charge in [-0.2, -0.15) is 0 Å². The summed E-state index contributed by atoms with van der Waals surface area (Å²) in [5.74, 6) is 0. The Morgan fingerprint density at radius 3 is 1.32 bits per heavy atom. The molecule has 1 aromatic heterocycles. The van der Waals surface area contributed by atoms with Crippen molar-refractivity contribution in [2.45, 2.75) is 13.8 Å². The molecule has 1 heterocycles. The van der Waals surface area contributed by atoms with Gasteiger partial charge in [-0.15, -0.1) is 0 Å². The molecule has 0 saturated carbocycles. The predicted molar refractivity (Wildman–Crippen MR) is 249 cm³/mol. The van der Waals surface area contributed by atoms with E-state index in [1.807, 2.05) is 6.07 Å². The monoisotopic (exact) mass is 758 g/mol. The maximum atomic E-state index is 6.64. The molecule has 0 bridgehead atoms. The van der Waals surface area contributed by atoms with Crippen LogP contribution in [-0.2, 0) is 0 Å². The zero-order valence-corrected chi connectivity index (χ0v) is 33.1. The van der Waals surface area contributed by atoms with Crippen LogP contribution in [0.5, 0.6) is 0 Å². The average Bonchev–Trinajstić information content (AvgIpc) is 3.68. The van der Waals surface area contributed by atoms with Crippen LogP contribution in [0.1, 0.15) is 11.1 Å². The summed E-state index contributed by atoms with van der Waals surface area (Å²) < 4.78 is 6.64. The molecule has 3 nitrogen and oxygen atoms in total. The molecule has 282 valence electrons. The summed E-state index contributed by atoms with van der Waals surface area (Å²) in [6.07, 6.45) is 0. The van der Waals surface area contributed by atoms with Crippen LogP contribution in [0, 0.1) is 13.8 Å². The van der Waals surface area contributed by atoms with Crippen LogP contribution in [0.2, 0.25) is 0 Å². The van der Waals surface area contributed by atoms with Gasteiger partial charge in [-0.05, 0) is 138 Å². The van der Waals surface area contributed by atoms with Crippen molar-refractivity contribution in [2.75, 3.05) is 9.80 Å². The van der Waals surface area contributed by atoms with Crippen molar-refractivity contribution in [1.29, 1.82) is 0 Å². The number of hydrogen-bond acceptors (Lipinski definition) is 3. The molecule has 0 N–H and O–H groups in total. The minimum absolute atomic E-state index is 0.890. The summed E-state index contributed by atoms with van der Waals surface area (Å²) in [5.41, 5.74) is 17.5. The van der Waals surface area contributed by atoms with Gasteiger partial charge in [0, 0.05) is 50.5 Å². The molecule has 0 amide bonds.